The zero-order chi connectivity index (χ0) is 51.9. The number of carbonyl (C=O) groups is 7. The molecule has 0 heterocycles. The summed E-state index contributed by atoms with van der Waals surface area (Å²) >= 11 is 0. The van der Waals surface area contributed by atoms with Gasteiger partial charge in [0.15, 0.2) is 11.6 Å². The molecule has 12 heteroatoms. The lowest BCUT2D eigenvalue weighted by atomic mass is 9.81. The molecule has 0 spiro atoms. The summed E-state index contributed by atoms with van der Waals surface area (Å²) in [6.07, 6.45) is 2.25. The third kappa shape index (κ3) is 27.4. The minimum atomic E-state index is -1.14. The summed E-state index contributed by atoms with van der Waals surface area (Å²) < 4.78 is 5.11. The van der Waals surface area contributed by atoms with E-state index in [9.17, 15) is 38.7 Å². The molecule has 5 N–H and O–H groups in total. The number of rotatable bonds is 15. The molecule has 0 bridgehead atoms. The highest BCUT2D eigenvalue weighted by Crippen LogP contribution is 2.52. The quantitative estimate of drug-likeness (QED) is 0.121. The van der Waals surface area contributed by atoms with Crippen molar-refractivity contribution in [3.05, 3.63) is 0 Å². The SMILES string of the molecule is CC(=O)C(C)(O)C(C)C.CC(=O)C1(C(C)C)CC1.CC(=O)[C@@H](C)C(C)C.CC(=O)[C@H](C)C(C)C.CC(C)C(C)(C)C(=O)O.CC(C)C(C)(N)C(=O)O.COC(C)(C(C)=O)C(C)C. The predicted molar refractivity (Wildman–Crippen MR) is 255 cm³/mol. The molecule has 5 atom stereocenters. The van der Waals surface area contributed by atoms with Crippen LogP contribution in [0, 0.1) is 64.1 Å². The third-order valence-corrected chi connectivity index (χ3v) is 13.6. The van der Waals surface area contributed by atoms with Crippen LogP contribution in [0.1, 0.15) is 193 Å². The maximum Gasteiger partial charge on any atom is 0.323 e. The molecule has 0 radical (unpaired) electrons. The largest absolute Gasteiger partial charge is 0.481 e. The fourth-order valence-corrected chi connectivity index (χ4v) is 4.10. The first-order chi connectivity index (χ1) is 27.3. The Hall–Kier alpha value is -2.83. The lowest BCUT2D eigenvalue weighted by Gasteiger charge is -2.28. The second-order valence-corrected chi connectivity index (χ2v) is 20.5. The molecule has 1 fully saturated rings. The maximum absolute atomic E-state index is 11.0. The molecule has 1 saturated carbocycles. The van der Waals surface area contributed by atoms with Gasteiger partial charge in [-0.3, -0.25) is 33.6 Å². The van der Waals surface area contributed by atoms with Crippen molar-refractivity contribution in [3.63, 3.8) is 0 Å². The minimum Gasteiger partial charge on any atom is -0.481 e. The van der Waals surface area contributed by atoms with E-state index in [2.05, 4.69) is 41.5 Å². The molecular weight excluding hydrogens is 791 g/mol. The summed E-state index contributed by atoms with van der Waals surface area (Å²) in [7, 11) is 1.57. The number of carboxylic acid groups (broad SMARTS) is 2. The predicted octanol–water partition coefficient (Wildman–Crippen LogP) is 10.6. The van der Waals surface area contributed by atoms with E-state index in [0.717, 1.165) is 12.8 Å². The van der Waals surface area contributed by atoms with E-state index in [-0.39, 0.29) is 52.5 Å². The second kappa shape index (κ2) is 31.1. The molecule has 370 valence electrons. The van der Waals surface area contributed by atoms with Crippen LogP contribution in [0.3, 0.4) is 0 Å². The van der Waals surface area contributed by atoms with Crippen molar-refractivity contribution in [1.82, 2.24) is 0 Å². The zero-order valence-electron chi connectivity index (χ0n) is 44.8. The molecule has 12 nitrogen and oxygen atoms in total. The first-order valence-corrected chi connectivity index (χ1v) is 22.4. The molecular formula is C50H99NO11. The summed E-state index contributed by atoms with van der Waals surface area (Å²) in [6.45, 7) is 47.7. The highest BCUT2D eigenvalue weighted by molar-refractivity contribution is 5.85. The maximum atomic E-state index is 11.0. The van der Waals surface area contributed by atoms with Gasteiger partial charge in [0.25, 0.3) is 0 Å². The number of methoxy groups -OCH3 is 1. The van der Waals surface area contributed by atoms with Crippen LogP contribution in [0.15, 0.2) is 0 Å². The van der Waals surface area contributed by atoms with E-state index < -0.39 is 34.1 Å². The van der Waals surface area contributed by atoms with Crippen LogP contribution in [-0.2, 0) is 38.3 Å². The molecule has 0 aromatic rings. The van der Waals surface area contributed by atoms with E-state index in [1.165, 1.54) is 13.8 Å². The van der Waals surface area contributed by atoms with Gasteiger partial charge in [0, 0.05) is 24.4 Å². The standard InChI is InChI=1S/C8H16O2.C8H14O.2C7H14O2.2C7H14O.C6H13NO2/c1-6(2)8(4,10-5)7(3)9;1-6(2)8(4-5-8)7(3)9;1-5(2)7(3,4)6(8)9;1-5(2)7(4,9)6(3)8;2*1-5(2)6(3)7(4)8;1-4(2)6(3,7)5(8)9/h6H,1-5H3;6H,4-5H2,1-3H3;5H,1-4H3,(H,8,9);5,9H,1-4H3;2*5-6H,1-4H3;4H,7H2,1-3H3,(H,8,9)/t;;;;2*6-;/m....10./s1. The van der Waals surface area contributed by atoms with Crippen molar-refractivity contribution >= 4 is 40.9 Å². The fourth-order valence-electron chi connectivity index (χ4n) is 4.10. The number of hydrogen-bond acceptors (Lipinski definition) is 10. The van der Waals surface area contributed by atoms with Gasteiger partial charge >= 0.3 is 11.9 Å². The monoisotopic (exact) mass is 890 g/mol. The van der Waals surface area contributed by atoms with E-state index in [1.807, 2.05) is 62.3 Å². The van der Waals surface area contributed by atoms with Crippen molar-refractivity contribution in [1.29, 1.82) is 0 Å². The van der Waals surface area contributed by atoms with Gasteiger partial charge in [0.2, 0.25) is 0 Å². The Morgan fingerprint density at radius 2 is 0.855 bits per heavy atom. The molecule has 1 aliphatic carbocycles. The summed E-state index contributed by atoms with van der Waals surface area (Å²) in [4.78, 5) is 74.6. The summed E-state index contributed by atoms with van der Waals surface area (Å²) in [5, 5.41) is 26.4. The summed E-state index contributed by atoms with van der Waals surface area (Å²) in [5.41, 5.74) is 2.11. The Kier molecular flexibility index (Phi) is 35.5. The second-order valence-electron chi connectivity index (χ2n) is 20.5. The van der Waals surface area contributed by atoms with Gasteiger partial charge in [0.05, 0.1) is 5.41 Å². The Morgan fingerprint density at radius 3 is 0.855 bits per heavy atom. The van der Waals surface area contributed by atoms with Crippen molar-refractivity contribution in [2.24, 2.45) is 69.8 Å². The van der Waals surface area contributed by atoms with Crippen molar-refractivity contribution in [3.8, 4) is 0 Å². The van der Waals surface area contributed by atoms with Crippen LogP contribution in [0.5, 0.6) is 0 Å². The minimum absolute atomic E-state index is 0.00463. The highest BCUT2D eigenvalue weighted by Gasteiger charge is 2.49. The number of nitrogens with two attached hydrogens (primary N) is 1. The van der Waals surface area contributed by atoms with Crippen LogP contribution >= 0.6 is 0 Å². The number of aliphatic hydroxyl groups is 1. The Bertz CT molecular complexity index is 1220. The molecule has 1 rings (SSSR count). The van der Waals surface area contributed by atoms with Gasteiger partial charge in [0.1, 0.15) is 34.1 Å². The van der Waals surface area contributed by atoms with E-state index >= 15 is 0 Å². The van der Waals surface area contributed by atoms with Crippen molar-refractivity contribution in [2.45, 2.75) is 210 Å². The number of aliphatic carboxylic acids is 2. The molecule has 62 heavy (non-hydrogen) atoms. The van der Waals surface area contributed by atoms with E-state index in [1.54, 1.807) is 69.4 Å². The van der Waals surface area contributed by atoms with Gasteiger partial charge in [-0.2, -0.15) is 0 Å². The van der Waals surface area contributed by atoms with Crippen LogP contribution in [-0.4, -0.2) is 80.0 Å². The van der Waals surface area contributed by atoms with E-state index in [4.69, 9.17) is 20.7 Å². The van der Waals surface area contributed by atoms with Crippen LogP contribution in [0.25, 0.3) is 0 Å². The number of hydrogen-bond donors (Lipinski definition) is 4. The smallest absolute Gasteiger partial charge is 0.323 e. The van der Waals surface area contributed by atoms with Crippen molar-refractivity contribution < 1.29 is 53.6 Å². The Labute approximate surface area is 380 Å². The molecule has 1 aliphatic rings. The lowest BCUT2D eigenvalue weighted by molar-refractivity contribution is -0.149. The fraction of sp³-hybridized carbons (Fsp3) is 0.860. The highest BCUT2D eigenvalue weighted by atomic mass is 16.5. The van der Waals surface area contributed by atoms with Gasteiger partial charge in [-0.15, -0.1) is 0 Å². The van der Waals surface area contributed by atoms with Gasteiger partial charge in [-0.1, -0.05) is 111 Å². The number of ketones is 5. The van der Waals surface area contributed by atoms with Crippen molar-refractivity contribution in [2.75, 3.05) is 7.11 Å². The van der Waals surface area contributed by atoms with E-state index in [0.29, 0.717) is 35.1 Å². The normalized spacial score (nSPS) is 16.5. The molecule has 0 amide bonds. The average molecular weight is 890 g/mol. The van der Waals surface area contributed by atoms with Crippen LogP contribution < -0.4 is 5.73 Å². The zero-order valence-corrected chi connectivity index (χ0v) is 44.8. The summed E-state index contributed by atoms with van der Waals surface area (Å²) in [5.74, 6) is 1.60. The third-order valence-electron chi connectivity index (χ3n) is 13.6. The molecule has 0 saturated heterocycles. The van der Waals surface area contributed by atoms with Gasteiger partial charge < -0.3 is 25.8 Å². The summed E-state index contributed by atoms with van der Waals surface area (Å²) in [6, 6.07) is 0. The Morgan fingerprint density at radius 1 is 0.532 bits per heavy atom. The molecule has 0 aromatic carbocycles. The van der Waals surface area contributed by atoms with Crippen LogP contribution in [0.4, 0.5) is 0 Å². The number of carbonyl (C=O) groups excluding carboxylic acids is 5. The number of carboxylic acids is 2. The number of Topliss-reactive ketones (excluding diaryl/α,β-unsaturated/α-hetero) is 5. The molecule has 0 aromatic heterocycles. The van der Waals surface area contributed by atoms with Crippen LogP contribution in [0.2, 0.25) is 0 Å². The van der Waals surface area contributed by atoms with Gasteiger partial charge in [-0.25, -0.2) is 0 Å². The lowest BCUT2D eigenvalue weighted by Crippen LogP contribution is -2.49. The number of ether oxygens (including phenoxy) is 1. The topological polar surface area (TPSA) is 215 Å². The Balaban J connectivity index is -0.000000148. The molecule has 3 unspecified atom stereocenters. The first-order valence-electron chi connectivity index (χ1n) is 22.4. The molecule has 0 aliphatic heterocycles. The first kappa shape index (κ1) is 70.8. The average Bonchev–Trinajstić information content (AvgIpc) is 3.94. The van der Waals surface area contributed by atoms with Gasteiger partial charge in [-0.05, 0) is 124 Å².